The molecule has 0 saturated heterocycles. The molecular weight excluding hydrogens is 224 g/mol. The molecule has 1 unspecified atom stereocenters. The Kier molecular flexibility index (Phi) is 4.51. The van der Waals surface area contributed by atoms with Crippen molar-refractivity contribution in [3.05, 3.63) is 29.8 Å². The van der Waals surface area contributed by atoms with E-state index in [9.17, 15) is 9.59 Å². The molecule has 0 fully saturated rings. The number of para-hydroxylation sites is 1. The smallest absolute Gasteiger partial charge is 0.320 e. The van der Waals surface area contributed by atoms with Gasteiger partial charge < -0.3 is 14.6 Å². The second kappa shape index (κ2) is 5.89. The number of aliphatic carboxylic acids is 1. The lowest BCUT2D eigenvalue weighted by Gasteiger charge is -2.12. The first kappa shape index (κ1) is 13.0. The van der Waals surface area contributed by atoms with Crippen LogP contribution in [-0.2, 0) is 20.7 Å². The van der Waals surface area contributed by atoms with E-state index in [-0.39, 0.29) is 6.42 Å². The normalized spacial score (nSPS) is 11.6. The predicted molar refractivity (Wildman–Crippen MR) is 59.8 cm³/mol. The Labute approximate surface area is 99.0 Å². The van der Waals surface area contributed by atoms with Crippen molar-refractivity contribution in [2.75, 3.05) is 14.2 Å². The highest BCUT2D eigenvalue weighted by Gasteiger charge is 2.28. The third-order valence-electron chi connectivity index (χ3n) is 2.40. The zero-order valence-corrected chi connectivity index (χ0v) is 9.67. The number of methoxy groups -OCH3 is 2. The SMILES string of the molecule is COC(=O)C(Cc1ccccc1OC)C(=O)O. The van der Waals surface area contributed by atoms with E-state index in [1.165, 1.54) is 14.2 Å². The molecule has 0 saturated carbocycles. The van der Waals surface area contributed by atoms with Gasteiger partial charge in [-0.2, -0.15) is 0 Å². The average molecular weight is 238 g/mol. The number of hydrogen-bond acceptors (Lipinski definition) is 4. The second-order valence-electron chi connectivity index (χ2n) is 3.43. The number of rotatable bonds is 5. The van der Waals surface area contributed by atoms with E-state index < -0.39 is 17.9 Å². The molecule has 5 heteroatoms. The van der Waals surface area contributed by atoms with Crippen LogP contribution in [0.4, 0.5) is 0 Å². The van der Waals surface area contributed by atoms with Gasteiger partial charge in [0.2, 0.25) is 0 Å². The quantitative estimate of drug-likeness (QED) is 0.614. The van der Waals surface area contributed by atoms with E-state index in [0.717, 1.165) is 0 Å². The van der Waals surface area contributed by atoms with Crippen LogP contribution in [-0.4, -0.2) is 31.3 Å². The zero-order chi connectivity index (χ0) is 12.8. The van der Waals surface area contributed by atoms with Gasteiger partial charge in [0.25, 0.3) is 0 Å². The summed E-state index contributed by atoms with van der Waals surface area (Å²) < 4.78 is 9.55. The van der Waals surface area contributed by atoms with Gasteiger partial charge in [0.05, 0.1) is 14.2 Å². The van der Waals surface area contributed by atoms with Crippen molar-refractivity contribution in [2.45, 2.75) is 6.42 Å². The molecule has 0 aliphatic rings. The van der Waals surface area contributed by atoms with Crippen LogP contribution < -0.4 is 4.74 Å². The average Bonchev–Trinajstić information content (AvgIpc) is 2.35. The number of esters is 1. The van der Waals surface area contributed by atoms with Gasteiger partial charge in [-0.25, -0.2) is 0 Å². The Morgan fingerprint density at radius 3 is 2.47 bits per heavy atom. The van der Waals surface area contributed by atoms with Gasteiger partial charge in [0.15, 0.2) is 5.92 Å². The van der Waals surface area contributed by atoms with Crippen molar-refractivity contribution >= 4 is 11.9 Å². The van der Waals surface area contributed by atoms with Crippen LogP contribution in [0.15, 0.2) is 24.3 Å². The molecule has 1 aromatic rings. The van der Waals surface area contributed by atoms with Crippen molar-refractivity contribution in [2.24, 2.45) is 5.92 Å². The first-order valence-corrected chi connectivity index (χ1v) is 5.02. The number of benzene rings is 1. The van der Waals surface area contributed by atoms with Crippen LogP contribution in [0.3, 0.4) is 0 Å². The van der Waals surface area contributed by atoms with Crippen molar-refractivity contribution in [3.8, 4) is 5.75 Å². The fourth-order valence-electron chi connectivity index (χ4n) is 1.51. The summed E-state index contributed by atoms with van der Waals surface area (Å²) in [6.07, 6.45) is 0.0476. The van der Waals surface area contributed by atoms with Crippen molar-refractivity contribution in [3.63, 3.8) is 0 Å². The molecule has 92 valence electrons. The molecular formula is C12H14O5. The zero-order valence-electron chi connectivity index (χ0n) is 9.67. The molecule has 0 aliphatic carbocycles. The van der Waals surface area contributed by atoms with Crippen LogP contribution in [0, 0.1) is 5.92 Å². The van der Waals surface area contributed by atoms with E-state index in [1.54, 1.807) is 24.3 Å². The summed E-state index contributed by atoms with van der Waals surface area (Å²) in [4.78, 5) is 22.3. The number of ether oxygens (including phenoxy) is 2. The first-order valence-electron chi connectivity index (χ1n) is 5.02. The molecule has 0 aromatic heterocycles. The summed E-state index contributed by atoms with van der Waals surface area (Å²) in [5.41, 5.74) is 0.660. The number of hydrogen-bond donors (Lipinski definition) is 1. The van der Waals surface area contributed by atoms with Gasteiger partial charge in [-0.15, -0.1) is 0 Å². The van der Waals surface area contributed by atoms with Gasteiger partial charge in [-0.3, -0.25) is 9.59 Å². The van der Waals surface area contributed by atoms with Crippen molar-refractivity contribution < 1.29 is 24.2 Å². The molecule has 1 N–H and O–H groups in total. The lowest BCUT2D eigenvalue weighted by Crippen LogP contribution is -2.27. The largest absolute Gasteiger partial charge is 0.496 e. The first-order chi connectivity index (χ1) is 8.10. The highest BCUT2D eigenvalue weighted by atomic mass is 16.5. The minimum atomic E-state index is -1.21. The monoisotopic (exact) mass is 238 g/mol. The molecule has 0 bridgehead atoms. The van der Waals surface area contributed by atoms with Crippen molar-refractivity contribution in [1.29, 1.82) is 0 Å². The molecule has 0 amide bonds. The summed E-state index contributed by atoms with van der Waals surface area (Å²) in [6, 6.07) is 6.97. The summed E-state index contributed by atoms with van der Waals surface area (Å²) in [6.45, 7) is 0. The maximum absolute atomic E-state index is 11.3. The Morgan fingerprint density at radius 2 is 1.94 bits per heavy atom. The molecule has 0 spiro atoms. The molecule has 0 heterocycles. The molecule has 1 atom stereocenters. The van der Waals surface area contributed by atoms with E-state index in [2.05, 4.69) is 4.74 Å². The third kappa shape index (κ3) is 3.21. The Bertz CT molecular complexity index is 413. The van der Waals surface area contributed by atoms with Crippen molar-refractivity contribution in [1.82, 2.24) is 0 Å². The standard InChI is InChI=1S/C12H14O5/c1-16-10-6-4-3-5-8(10)7-9(11(13)14)12(15)17-2/h3-6,9H,7H2,1-2H3,(H,13,14). The minimum Gasteiger partial charge on any atom is -0.496 e. The van der Waals surface area contributed by atoms with Crippen LogP contribution in [0.1, 0.15) is 5.56 Å². The minimum absolute atomic E-state index is 0.0476. The molecule has 0 aliphatic heterocycles. The highest BCUT2D eigenvalue weighted by molar-refractivity contribution is 5.94. The second-order valence-corrected chi connectivity index (χ2v) is 3.43. The summed E-state index contributed by atoms with van der Waals surface area (Å²) in [5.74, 6) is -2.62. The van der Waals surface area contributed by atoms with Gasteiger partial charge in [-0.1, -0.05) is 18.2 Å². The fraction of sp³-hybridized carbons (Fsp3) is 0.333. The van der Waals surface area contributed by atoms with E-state index in [1.807, 2.05) is 0 Å². The van der Waals surface area contributed by atoms with E-state index >= 15 is 0 Å². The Hall–Kier alpha value is -2.04. The van der Waals surface area contributed by atoms with Crippen LogP contribution in [0.5, 0.6) is 5.75 Å². The number of carbonyl (C=O) groups is 2. The number of carbonyl (C=O) groups excluding carboxylic acids is 1. The van der Waals surface area contributed by atoms with Crippen LogP contribution in [0.2, 0.25) is 0 Å². The summed E-state index contributed by atoms with van der Waals surface area (Å²) in [5, 5.41) is 8.96. The van der Waals surface area contributed by atoms with Crippen LogP contribution in [0.25, 0.3) is 0 Å². The Morgan fingerprint density at radius 1 is 1.29 bits per heavy atom. The molecule has 1 aromatic carbocycles. The van der Waals surface area contributed by atoms with Crippen LogP contribution >= 0.6 is 0 Å². The molecule has 17 heavy (non-hydrogen) atoms. The van der Waals surface area contributed by atoms with Gasteiger partial charge in [0, 0.05) is 0 Å². The van der Waals surface area contributed by atoms with E-state index in [0.29, 0.717) is 11.3 Å². The predicted octanol–water partition coefficient (Wildman–Crippen LogP) is 1.11. The van der Waals surface area contributed by atoms with Gasteiger partial charge in [0.1, 0.15) is 5.75 Å². The topological polar surface area (TPSA) is 72.8 Å². The Balaban J connectivity index is 2.93. The van der Waals surface area contributed by atoms with Gasteiger partial charge in [-0.05, 0) is 18.1 Å². The van der Waals surface area contributed by atoms with Gasteiger partial charge >= 0.3 is 11.9 Å². The lowest BCUT2D eigenvalue weighted by atomic mass is 9.99. The maximum Gasteiger partial charge on any atom is 0.320 e. The van der Waals surface area contributed by atoms with E-state index in [4.69, 9.17) is 9.84 Å². The maximum atomic E-state index is 11.3. The summed E-state index contributed by atoms with van der Waals surface area (Å²) in [7, 11) is 2.66. The summed E-state index contributed by atoms with van der Waals surface area (Å²) >= 11 is 0. The number of carboxylic acid groups (broad SMARTS) is 1. The third-order valence-corrected chi connectivity index (χ3v) is 2.40. The molecule has 0 radical (unpaired) electrons. The highest BCUT2D eigenvalue weighted by Crippen LogP contribution is 2.21. The fourth-order valence-corrected chi connectivity index (χ4v) is 1.51. The molecule has 1 rings (SSSR count). The lowest BCUT2D eigenvalue weighted by molar-refractivity contribution is -0.156. The molecule has 5 nitrogen and oxygen atoms in total. The number of carboxylic acids is 1.